The zero-order valence-corrected chi connectivity index (χ0v) is 11.6. The van der Waals surface area contributed by atoms with Gasteiger partial charge >= 0.3 is 5.97 Å². The Hall–Kier alpha value is -1.14. The first-order valence-corrected chi connectivity index (χ1v) is 6.98. The molecule has 1 saturated heterocycles. The third-order valence-electron chi connectivity index (χ3n) is 3.22. The second-order valence-electron chi connectivity index (χ2n) is 4.99. The molecule has 1 unspecified atom stereocenters. The summed E-state index contributed by atoms with van der Waals surface area (Å²) < 4.78 is 0. The Labute approximate surface area is 111 Å². The molecule has 2 heterocycles. The predicted octanol–water partition coefficient (Wildman–Crippen LogP) is 1.16. The van der Waals surface area contributed by atoms with E-state index in [1.54, 1.807) is 0 Å². The van der Waals surface area contributed by atoms with Gasteiger partial charge < -0.3 is 14.9 Å². The molecule has 1 aliphatic heterocycles. The second-order valence-corrected chi connectivity index (χ2v) is 5.83. The lowest BCUT2D eigenvalue weighted by atomic mass is 10.1. The Bertz CT molecular complexity index is 421. The number of thiazole rings is 1. The largest absolute Gasteiger partial charge is 0.481 e. The number of hydrogen-bond acceptors (Lipinski definition) is 5. The summed E-state index contributed by atoms with van der Waals surface area (Å²) in [4.78, 5) is 19.5. The lowest BCUT2D eigenvalue weighted by Crippen LogP contribution is -2.27. The lowest BCUT2D eigenvalue weighted by Gasteiger charge is -2.20. The van der Waals surface area contributed by atoms with Crippen LogP contribution < -0.4 is 4.90 Å². The Morgan fingerprint density at radius 2 is 2.50 bits per heavy atom. The van der Waals surface area contributed by atoms with Crippen LogP contribution >= 0.6 is 11.3 Å². The number of carbonyl (C=O) groups is 1. The summed E-state index contributed by atoms with van der Waals surface area (Å²) in [6.45, 7) is 3.29. The number of carboxylic acids is 1. The van der Waals surface area contributed by atoms with Crippen LogP contribution in [0.1, 0.15) is 12.1 Å². The maximum absolute atomic E-state index is 10.6. The topological polar surface area (TPSA) is 56.7 Å². The van der Waals surface area contributed by atoms with Crippen LogP contribution in [-0.4, -0.2) is 54.7 Å². The lowest BCUT2D eigenvalue weighted by molar-refractivity contribution is -0.136. The molecule has 1 fully saturated rings. The number of likely N-dealkylation sites (tertiary alicyclic amines) is 1. The summed E-state index contributed by atoms with van der Waals surface area (Å²) >= 11 is 1.52. The van der Waals surface area contributed by atoms with Crippen molar-refractivity contribution in [3.05, 3.63) is 11.1 Å². The summed E-state index contributed by atoms with van der Waals surface area (Å²) in [6, 6.07) is 0. The quantitative estimate of drug-likeness (QED) is 0.869. The SMILES string of the molecule is CN1CCC(CN(C)c2nc(CC(=O)O)cs2)C1. The highest BCUT2D eigenvalue weighted by atomic mass is 32.1. The van der Waals surface area contributed by atoms with E-state index in [0.717, 1.165) is 18.2 Å². The third-order valence-corrected chi connectivity index (χ3v) is 4.22. The molecule has 0 aromatic carbocycles. The van der Waals surface area contributed by atoms with E-state index >= 15 is 0 Å². The molecule has 0 aliphatic carbocycles. The van der Waals surface area contributed by atoms with E-state index in [2.05, 4.69) is 21.8 Å². The van der Waals surface area contributed by atoms with Crippen molar-refractivity contribution in [2.24, 2.45) is 5.92 Å². The third kappa shape index (κ3) is 3.43. The molecule has 0 radical (unpaired) electrons. The first-order chi connectivity index (χ1) is 8.54. The zero-order chi connectivity index (χ0) is 13.1. The van der Waals surface area contributed by atoms with Crippen molar-refractivity contribution in [2.45, 2.75) is 12.8 Å². The van der Waals surface area contributed by atoms with Crippen LogP contribution in [0.2, 0.25) is 0 Å². The molecule has 6 heteroatoms. The first kappa shape index (κ1) is 13.3. The maximum Gasteiger partial charge on any atom is 0.309 e. The van der Waals surface area contributed by atoms with Crippen LogP contribution in [0, 0.1) is 5.92 Å². The molecule has 1 aromatic heterocycles. The van der Waals surface area contributed by atoms with E-state index in [0.29, 0.717) is 11.6 Å². The van der Waals surface area contributed by atoms with Crippen LogP contribution in [-0.2, 0) is 11.2 Å². The fourth-order valence-electron chi connectivity index (χ4n) is 2.35. The van der Waals surface area contributed by atoms with Gasteiger partial charge in [0.15, 0.2) is 5.13 Å². The van der Waals surface area contributed by atoms with E-state index in [1.807, 2.05) is 12.4 Å². The van der Waals surface area contributed by atoms with Gasteiger partial charge in [-0.3, -0.25) is 4.79 Å². The van der Waals surface area contributed by atoms with E-state index in [9.17, 15) is 4.79 Å². The summed E-state index contributed by atoms with van der Waals surface area (Å²) in [6.07, 6.45) is 1.24. The standard InChI is InChI=1S/C12H19N3O2S/c1-14-4-3-9(6-14)7-15(2)12-13-10(8-18-12)5-11(16)17/h8-9H,3-7H2,1-2H3,(H,16,17). The highest BCUT2D eigenvalue weighted by Crippen LogP contribution is 2.23. The van der Waals surface area contributed by atoms with E-state index < -0.39 is 5.97 Å². The number of nitrogens with zero attached hydrogens (tertiary/aromatic N) is 3. The first-order valence-electron chi connectivity index (χ1n) is 6.10. The number of hydrogen-bond donors (Lipinski definition) is 1. The van der Waals surface area contributed by atoms with Crippen molar-refractivity contribution < 1.29 is 9.90 Å². The minimum atomic E-state index is -0.827. The molecule has 1 aliphatic rings. The van der Waals surface area contributed by atoms with Crippen LogP contribution in [0.3, 0.4) is 0 Å². The Morgan fingerprint density at radius 1 is 1.72 bits per heavy atom. The summed E-state index contributed by atoms with van der Waals surface area (Å²) in [5.41, 5.74) is 0.651. The van der Waals surface area contributed by atoms with Crippen molar-refractivity contribution in [3.8, 4) is 0 Å². The van der Waals surface area contributed by atoms with Gasteiger partial charge in [0.1, 0.15) is 0 Å². The predicted molar refractivity (Wildman–Crippen MR) is 72.3 cm³/mol. The number of rotatable bonds is 5. The smallest absolute Gasteiger partial charge is 0.309 e. The van der Waals surface area contributed by atoms with Gasteiger partial charge in [0, 0.05) is 25.5 Å². The molecular formula is C12H19N3O2S. The number of aliphatic carboxylic acids is 1. The summed E-state index contributed by atoms with van der Waals surface area (Å²) in [5.74, 6) is -0.140. The van der Waals surface area contributed by atoms with E-state index in [1.165, 1.54) is 24.3 Å². The van der Waals surface area contributed by atoms with Crippen molar-refractivity contribution in [2.75, 3.05) is 38.6 Å². The highest BCUT2D eigenvalue weighted by Gasteiger charge is 2.21. The minimum absolute atomic E-state index is 0.0104. The van der Waals surface area contributed by atoms with Gasteiger partial charge in [-0.05, 0) is 25.9 Å². The van der Waals surface area contributed by atoms with Gasteiger partial charge in [0.25, 0.3) is 0 Å². The van der Waals surface area contributed by atoms with Crippen LogP contribution in [0.15, 0.2) is 5.38 Å². The molecule has 1 N–H and O–H groups in total. The van der Waals surface area contributed by atoms with Crippen LogP contribution in [0.5, 0.6) is 0 Å². The van der Waals surface area contributed by atoms with Gasteiger partial charge in [0.2, 0.25) is 0 Å². The van der Waals surface area contributed by atoms with E-state index in [-0.39, 0.29) is 6.42 Å². The van der Waals surface area contributed by atoms with Gasteiger partial charge in [-0.15, -0.1) is 11.3 Å². The van der Waals surface area contributed by atoms with Gasteiger partial charge in [-0.1, -0.05) is 0 Å². The summed E-state index contributed by atoms with van der Waals surface area (Å²) in [5, 5.41) is 11.5. The van der Waals surface area contributed by atoms with Gasteiger partial charge in [-0.25, -0.2) is 4.98 Å². The number of anilines is 1. The molecule has 5 nitrogen and oxygen atoms in total. The molecule has 0 amide bonds. The van der Waals surface area contributed by atoms with E-state index in [4.69, 9.17) is 5.11 Å². The zero-order valence-electron chi connectivity index (χ0n) is 10.8. The molecule has 1 aromatic rings. The van der Waals surface area contributed by atoms with Crippen LogP contribution in [0.4, 0.5) is 5.13 Å². The Kier molecular flexibility index (Phi) is 4.19. The molecule has 100 valence electrons. The summed E-state index contributed by atoms with van der Waals surface area (Å²) in [7, 11) is 4.18. The fraction of sp³-hybridized carbons (Fsp3) is 0.667. The van der Waals surface area contributed by atoms with Crippen molar-refractivity contribution in [1.82, 2.24) is 9.88 Å². The monoisotopic (exact) mass is 269 g/mol. The van der Waals surface area contributed by atoms with Gasteiger partial charge in [0.05, 0.1) is 12.1 Å². The molecule has 1 atom stereocenters. The Morgan fingerprint density at radius 3 is 3.11 bits per heavy atom. The Balaban J connectivity index is 1.90. The molecule has 0 saturated carbocycles. The van der Waals surface area contributed by atoms with Gasteiger partial charge in [-0.2, -0.15) is 0 Å². The fourth-order valence-corrected chi connectivity index (χ4v) is 3.15. The average molecular weight is 269 g/mol. The van der Waals surface area contributed by atoms with Crippen molar-refractivity contribution in [1.29, 1.82) is 0 Å². The number of carboxylic acid groups (broad SMARTS) is 1. The second kappa shape index (κ2) is 5.67. The normalized spacial score (nSPS) is 20.2. The maximum atomic E-state index is 10.6. The molecular weight excluding hydrogens is 250 g/mol. The molecule has 0 spiro atoms. The van der Waals surface area contributed by atoms with Crippen LogP contribution in [0.25, 0.3) is 0 Å². The average Bonchev–Trinajstić information content (AvgIpc) is 2.87. The molecule has 0 bridgehead atoms. The van der Waals surface area contributed by atoms with Crippen molar-refractivity contribution >= 4 is 22.4 Å². The van der Waals surface area contributed by atoms with Crippen molar-refractivity contribution in [3.63, 3.8) is 0 Å². The minimum Gasteiger partial charge on any atom is -0.481 e. The number of aromatic nitrogens is 1. The molecule has 2 rings (SSSR count). The molecule has 18 heavy (non-hydrogen) atoms. The highest BCUT2D eigenvalue weighted by molar-refractivity contribution is 7.13.